The number of carbonyl (C=O) groups excluding carboxylic acids is 1. The van der Waals surface area contributed by atoms with Crippen LogP contribution in [0.1, 0.15) is 51.7 Å². The number of nitrogens with two attached hydrogens (primary N) is 1. The van der Waals surface area contributed by atoms with E-state index in [9.17, 15) is 4.79 Å². The van der Waals surface area contributed by atoms with Gasteiger partial charge < -0.3 is 20.5 Å². The normalized spacial score (nSPS) is 16.3. The summed E-state index contributed by atoms with van der Waals surface area (Å²) < 4.78 is 4.93. The fourth-order valence-corrected chi connectivity index (χ4v) is 3.89. The molecule has 1 saturated heterocycles. The molecule has 3 rings (SSSR count). The fraction of sp³-hybridized carbons (Fsp3) is 0.542. The van der Waals surface area contributed by atoms with E-state index in [1.54, 1.807) is 0 Å². The van der Waals surface area contributed by atoms with E-state index in [0.717, 1.165) is 42.5 Å². The van der Waals surface area contributed by atoms with E-state index in [1.165, 1.54) is 6.20 Å². The molecule has 1 aromatic heterocycles. The summed E-state index contributed by atoms with van der Waals surface area (Å²) in [5.41, 5.74) is 9.28. The summed E-state index contributed by atoms with van der Waals surface area (Å²) in [4.78, 5) is 21.4. The number of benzene rings is 1. The standard InChI is InChI=1S/C19H25ClN4O.C5H10O2/c1-12(2)24(11-25)10-19(4,5)15-8-14(7-6-13(15)3)17-16(20)9-22-18(21)23-17;6-5-2-1-3-7-4-5/h6-9,11-12H,10H2,1-5H3,(H2,21,22,23);5-6H,1-4H2. The summed E-state index contributed by atoms with van der Waals surface area (Å²) in [5, 5.41) is 9.24. The lowest BCUT2D eigenvalue weighted by Crippen LogP contribution is -2.40. The zero-order chi connectivity index (χ0) is 23.9. The molecule has 1 aromatic carbocycles. The number of amides is 1. The summed E-state index contributed by atoms with van der Waals surface area (Å²) >= 11 is 6.25. The van der Waals surface area contributed by atoms with Crippen molar-refractivity contribution in [3.63, 3.8) is 0 Å². The van der Waals surface area contributed by atoms with Gasteiger partial charge in [-0.15, -0.1) is 0 Å². The van der Waals surface area contributed by atoms with E-state index in [0.29, 0.717) is 23.9 Å². The van der Waals surface area contributed by atoms with Crippen LogP contribution in [0.25, 0.3) is 11.3 Å². The van der Waals surface area contributed by atoms with Crippen molar-refractivity contribution < 1.29 is 14.6 Å². The minimum absolute atomic E-state index is 0.149. The van der Waals surface area contributed by atoms with E-state index in [4.69, 9.17) is 27.2 Å². The molecule has 8 heteroatoms. The van der Waals surface area contributed by atoms with E-state index in [1.807, 2.05) is 30.9 Å². The minimum Gasteiger partial charge on any atom is -0.391 e. The van der Waals surface area contributed by atoms with Gasteiger partial charge in [0, 0.05) is 30.2 Å². The Hall–Kier alpha value is -2.22. The molecule has 1 unspecified atom stereocenters. The van der Waals surface area contributed by atoms with Crippen LogP contribution >= 0.6 is 11.6 Å². The maximum Gasteiger partial charge on any atom is 0.220 e. The number of aromatic nitrogens is 2. The van der Waals surface area contributed by atoms with Crippen LogP contribution in [-0.4, -0.2) is 58.3 Å². The first-order chi connectivity index (χ1) is 15.0. The number of nitrogens with zero attached hydrogens (tertiary/aromatic N) is 3. The molecule has 2 heterocycles. The Morgan fingerprint density at radius 1 is 1.41 bits per heavy atom. The number of aliphatic hydroxyl groups is 1. The smallest absolute Gasteiger partial charge is 0.220 e. The maximum absolute atomic E-state index is 11.4. The Bertz CT molecular complexity index is 899. The first-order valence-electron chi connectivity index (χ1n) is 10.9. The number of rotatable bonds is 6. The van der Waals surface area contributed by atoms with Crippen molar-refractivity contribution in [1.82, 2.24) is 14.9 Å². The van der Waals surface area contributed by atoms with E-state index >= 15 is 0 Å². The quantitative estimate of drug-likeness (QED) is 0.629. The molecule has 7 nitrogen and oxygen atoms in total. The van der Waals surface area contributed by atoms with Crippen molar-refractivity contribution in [3.05, 3.63) is 40.5 Å². The van der Waals surface area contributed by atoms with Gasteiger partial charge in [-0.3, -0.25) is 4.79 Å². The number of hydrogen-bond donors (Lipinski definition) is 2. The van der Waals surface area contributed by atoms with Gasteiger partial charge in [-0.05, 0) is 50.8 Å². The Kier molecular flexibility index (Phi) is 9.43. The summed E-state index contributed by atoms with van der Waals surface area (Å²) in [6, 6.07) is 6.24. The molecule has 0 radical (unpaired) electrons. The van der Waals surface area contributed by atoms with Crippen molar-refractivity contribution in [3.8, 4) is 11.3 Å². The fourth-order valence-electron chi connectivity index (χ4n) is 3.69. The minimum atomic E-state index is -0.226. The second-order valence-corrected chi connectivity index (χ2v) is 9.49. The van der Waals surface area contributed by atoms with E-state index < -0.39 is 0 Å². The molecule has 2 aromatic rings. The lowest BCUT2D eigenvalue weighted by molar-refractivity contribution is -0.120. The predicted octanol–water partition coefficient (Wildman–Crippen LogP) is 3.99. The average molecular weight is 463 g/mol. The molecule has 1 amide bonds. The summed E-state index contributed by atoms with van der Waals surface area (Å²) in [7, 11) is 0. The summed E-state index contributed by atoms with van der Waals surface area (Å²) in [6.07, 6.45) is 4.17. The lowest BCUT2D eigenvalue weighted by Gasteiger charge is -2.34. The van der Waals surface area contributed by atoms with Crippen LogP contribution in [0, 0.1) is 6.92 Å². The zero-order valence-electron chi connectivity index (χ0n) is 19.6. The van der Waals surface area contributed by atoms with Crippen LogP contribution in [0.3, 0.4) is 0 Å². The number of nitrogen functional groups attached to an aromatic ring is 1. The van der Waals surface area contributed by atoms with Gasteiger partial charge in [-0.1, -0.05) is 37.6 Å². The van der Waals surface area contributed by atoms with Crippen molar-refractivity contribution in [2.24, 2.45) is 0 Å². The lowest BCUT2D eigenvalue weighted by atomic mass is 9.80. The van der Waals surface area contributed by atoms with Gasteiger partial charge in [-0.25, -0.2) is 9.97 Å². The highest BCUT2D eigenvalue weighted by Crippen LogP contribution is 2.33. The highest BCUT2D eigenvalue weighted by Gasteiger charge is 2.27. The molecular formula is C24H35ClN4O3. The molecule has 1 aliphatic rings. The monoisotopic (exact) mass is 462 g/mol. The van der Waals surface area contributed by atoms with Crippen molar-refractivity contribution in [2.75, 3.05) is 25.5 Å². The Morgan fingerprint density at radius 3 is 2.66 bits per heavy atom. The molecule has 0 spiro atoms. The van der Waals surface area contributed by atoms with Gasteiger partial charge in [0.1, 0.15) is 0 Å². The third-order valence-electron chi connectivity index (χ3n) is 5.52. The van der Waals surface area contributed by atoms with E-state index in [2.05, 4.69) is 36.8 Å². The SMILES string of the molecule is Cc1ccc(-c2nc(N)ncc2Cl)cc1C(C)(C)CN(C=O)C(C)C.OC1CCCOC1. The van der Waals surface area contributed by atoms with E-state index in [-0.39, 0.29) is 23.5 Å². The second-order valence-electron chi connectivity index (χ2n) is 9.08. The average Bonchev–Trinajstić information content (AvgIpc) is 2.75. The molecular weight excluding hydrogens is 428 g/mol. The Labute approximate surface area is 196 Å². The highest BCUT2D eigenvalue weighted by atomic mass is 35.5. The molecule has 0 bridgehead atoms. The predicted molar refractivity (Wildman–Crippen MR) is 129 cm³/mol. The molecule has 1 aliphatic heterocycles. The van der Waals surface area contributed by atoms with Crippen LogP contribution in [0.5, 0.6) is 0 Å². The maximum atomic E-state index is 11.4. The van der Waals surface area contributed by atoms with Crippen LogP contribution in [0.15, 0.2) is 24.4 Å². The number of aryl methyl sites for hydroxylation is 1. The zero-order valence-corrected chi connectivity index (χ0v) is 20.4. The Balaban J connectivity index is 0.000000439. The van der Waals surface area contributed by atoms with Gasteiger partial charge in [0.2, 0.25) is 12.4 Å². The number of hydrogen-bond acceptors (Lipinski definition) is 6. The van der Waals surface area contributed by atoms with Crippen LogP contribution in [0.2, 0.25) is 5.02 Å². The molecule has 176 valence electrons. The third-order valence-corrected chi connectivity index (χ3v) is 5.79. The van der Waals surface area contributed by atoms with Crippen LogP contribution < -0.4 is 5.73 Å². The topological polar surface area (TPSA) is 102 Å². The van der Waals surface area contributed by atoms with Crippen LogP contribution in [-0.2, 0) is 14.9 Å². The summed E-state index contributed by atoms with van der Waals surface area (Å²) in [6.45, 7) is 12.4. The molecule has 3 N–H and O–H groups in total. The van der Waals surface area contributed by atoms with Crippen molar-refractivity contribution in [2.45, 2.75) is 65.0 Å². The van der Waals surface area contributed by atoms with Gasteiger partial charge >= 0.3 is 0 Å². The largest absolute Gasteiger partial charge is 0.391 e. The number of ether oxygens (including phenoxy) is 1. The second kappa shape index (κ2) is 11.6. The number of aliphatic hydroxyl groups excluding tert-OH is 1. The summed E-state index contributed by atoms with van der Waals surface area (Å²) in [5.74, 6) is 0.188. The van der Waals surface area contributed by atoms with Crippen molar-refractivity contribution in [1.29, 1.82) is 0 Å². The van der Waals surface area contributed by atoms with Gasteiger partial charge in [0.25, 0.3) is 0 Å². The first kappa shape index (κ1) is 26.0. The number of halogens is 1. The molecule has 0 aliphatic carbocycles. The van der Waals surface area contributed by atoms with Gasteiger partial charge in [0.15, 0.2) is 0 Å². The molecule has 32 heavy (non-hydrogen) atoms. The van der Waals surface area contributed by atoms with Crippen molar-refractivity contribution >= 4 is 24.0 Å². The molecule has 1 atom stereocenters. The van der Waals surface area contributed by atoms with Gasteiger partial charge in [-0.2, -0.15) is 0 Å². The number of carbonyl (C=O) groups is 1. The highest BCUT2D eigenvalue weighted by molar-refractivity contribution is 6.32. The Morgan fingerprint density at radius 2 is 2.12 bits per heavy atom. The third kappa shape index (κ3) is 7.15. The van der Waals surface area contributed by atoms with Gasteiger partial charge in [0.05, 0.1) is 29.6 Å². The molecule has 1 fully saturated rings. The molecule has 0 saturated carbocycles. The number of anilines is 1. The first-order valence-corrected chi connectivity index (χ1v) is 11.3. The van der Waals surface area contributed by atoms with Crippen LogP contribution in [0.4, 0.5) is 5.95 Å².